The Kier molecular flexibility index (Phi) is 5.93. The maximum Gasteiger partial charge on any atom is 0.251 e. The second-order valence-corrected chi connectivity index (χ2v) is 6.85. The zero-order chi connectivity index (χ0) is 18.5. The van der Waals surface area contributed by atoms with Gasteiger partial charge in [0.15, 0.2) is 0 Å². The third kappa shape index (κ3) is 4.25. The summed E-state index contributed by atoms with van der Waals surface area (Å²) in [6, 6.07) is 7.56. The van der Waals surface area contributed by atoms with Gasteiger partial charge in [-0.1, -0.05) is 13.3 Å². The Labute approximate surface area is 155 Å². The highest BCUT2D eigenvalue weighted by molar-refractivity contribution is 5.94. The third-order valence-electron chi connectivity index (χ3n) is 4.84. The van der Waals surface area contributed by atoms with Crippen LogP contribution in [0.4, 0.5) is 0 Å². The van der Waals surface area contributed by atoms with E-state index in [1.54, 1.807) is 13.2 Å². The number of fused-ring (bicyclic) bond motifs is 1. The van der Waals surface area contributed by atoms with Crippen molar-refractivity contribution in [2.24, 2.45) is 0 Å². The predicted octanol–water partition coefficient (Wildman–Crippen LogP) is 2.75. The summed E-state index contributed by atoms with van der Waals surface area (Å²) in [6.07, 6.45) is 2.45. The minimum atomic E-state index is -0.0914. The largest absolute Gasteiger partial charge is 0.496 e. The lowest BCUT2D eigenvalue weighted by Crippen LogP contribution is -2.34. The number of rotatable bonds is 7. The van der Waals surface area contributed by atoms with E-state index in [2.05, 4.69) is 33.0 Å². The van der Waals surface area contributed by atoms with E-state index in [0.29, 0.717) is 12.1 Å². The zero-order valence-corrected chi connectivity index (χ0v) is 15.9. The van der Waals surface area contributed by atoms with Crippen LogP contribution in [0.2, 0.25) is 0 Å². The van der Waals surface area contributed by atoms with Crippen molar-refractivity contribution in [1.29, 1.82) is 0 Å². The highest BCUT2D eigenvalue weighted by Gasteiger charge is 2.18. The molecule has 1 aromatic heterocycles. The van der Waals surface area contributed by atoms with Crippen LogP contribution < -0.4 is 10.1 Å². The summed E-state index contributed by atoms with van der Waals surface area (Å²) in [5, 5.41) is 7.60. The van der Waals surface area contributed by atoms with E-state index in [1.165, 1.54) is 18.5 Å². The molecule has 3 rings (SSSR count). The number of carbonyl (C=O) groups excluding carboxylic acids is 1. The molecule has 26 heavy (non-hydrogen) atoms. The van der Waals surface area contributed by atoms with Crippen LogP contribution in [0.15, 0.2) is 24.3 Å². The molecule has 1 N–H and O–H groups in total. The molecular weight excluding hydrogens is 328 g/mol. The van der Waals surface area contributed by atoms with Crippen molar-refractivity contribution in [1.82, 2.24) is 20.0 Å². The van der Waals surface area contributed by atoms with Crippen LogP contribution in [0.3, 0.4) is 0 Å². The fourth-order valence-electron chi connectivity index (χ4n) is 3.33. The van der Waals surface area contributed by atoms with Gasteiger partial charge in [0.1, 0.15) is 5.75 Å². The fraction of sp³-hybridized carbons (Fsp3) is 0.500. The average molecular weight is 356 g/mol. The summed E-state index contributed by atoms with van der Waals surface area (Å²) in [6.45, 7) is 8.65. The van der Waals surface area contributed by atoms with E-state index in [-0.39, 0.29) is 5.91 Å². The number of benzene rings is 1. The minimum Gasteiger partial charge on any atom is -0.496 e. The van der Waals surface area contributed by atoms with Crippen molar-refractivity contribution in [2.75, 3.05) is 20.2 Å². The van der Waals surface area contributed by atoms with Crippen LogP contribution in [-0.2, 0) is 19.6 Å². The molecule has 0 bridgehead atoms. The van der Waals surface area contributed by atoms with Crippen molar-refractivity contribution >= 4 is 5.91 Å². The molecule has 1 aliphatic rings. The summed E-state index contributed by atoms with van der Waals surface area (Å²) in [5.74, 6) is 0.697. The standard InChI is InChI=1S/C20H28N4O2/c1-4-5-8-23-9-10-24-18(14-23)12-17(22-24)13-21-20(25)16-6-7-19(26-3)15(2)11-16/h6-7,11-12H,4-5,8-10,13-14H2,1-3H3,(H,21,25). The third-order valence-corrected chi connectivity index (χ3v) is 4.84. The highest BCUT2D eigenvalue weighted by Crippen LogP contribution is 2.19. The summed E-state index contributed by atoms with van der Waals surface area (Å²) < 4.78 is 7.31. The number of methoxy groups -OCH3 is 1. The monoisotopic (exact) mass is 356 g/mol. The Morgan fingerprint density at radius 2 is 2.15 bits per heavy atom. The van der Waals surface area contributed by atoms with Crippen LogP contribution in [0.25, 0.3) is 0 Å². The van der Waals surface area contributed by atoms with Gasteiger partial charge in [-0.25, -0.2) is 0 Å². The summed E-state index contributed by atoms with van der Waals surface area (Å²) in [7, 11) is 1.63. The van der Waals surface area contributed by atoms with E-state index in [1.807, 2.05) is 19.1 Å². The number of amides is 1. The Hall–Kier alpha value is -2.34. The van der Waals surface area contributed by atoms with Crippen molar-refractivity contribution in [3.05, 3.63) is 46.8 Å². The van der Waals surface area contributed by atoms with Gasteiger partial charge in [-0.3, -0.25) is 14.4 Å². The van der Waals surface area contributed by atoms with E-state index >= 15 is 0 Å². The van der Waals surface area contributed by atoms with Crippen LogP contribution in [0.5, 0.6) is 5.75 Å². The van der Waals surface area contributed by atoms with Gasteiger partial charge in [-0.05, 0) is 49.7 Å². The topological polar surface area (TPSA) is 59.4 Å². The van der Waals surface area contributed by atoms with Crippen molar-refractivity contribution < 1.29 is 9.53 Å². The first-order valence-corrected chi connectivity index (χ1v) is 9.31. The van der Waals surface area contributed by atoms with Crippen molar-refractivity contribution in [2.45, 2.75) is 46.3 Å². The maximum atomic E-state index is 12.4. The molecule has 6 heteroatoms. The molecule has 0 radical (unpaired) electrons. The van der Waals surface area contributed by atoms with E-state index < -0.39 is 0 Å². The van der Waals surface area contributed by atoms with Crippen molar-refractivity contribution in [3.63, 3.8) is 0 Å². The average Bonchev–Trinajstić information content (AvgIpc) is 3.06. The first kappa shape index (κ1) is 18.5. The smallest absolute Gasteiger partial charge is 0.251 e. The van der Waals surface area contributed by atoms with E-state index in [9.17, 15) is 4.79 Å². The van der Waals surface area contributed by atoms with E-state index in [0.717, 1.165) is 43.2 Å². The van der Waals surface area contributed by atoms with Gasteiger partial charge in [0.2, 0.25) is 0 Å². The van der Waals surface area contributed by atoms with Gasteiger partial charge >= 0.3 is 0 Å². The molecule has 1 aliphatic heterocycles. The van der Waals surface area contributed by atoms with Gasteiger partial charge in [-0.2, -0.15) is 5.10 Å². The number of aromatic nitrogens is 2. The van der Waals surface area contributed by atoms with Gasteiger partial charge in [-0.15, -0.1) is 0 Å². The first-order chi connectivity index (χ1) is 12.6. The summed E-state index contributed by atoms with van der Waals surface area (Å²) >= 11 is 0. The second-order valence-electron chi connectivity index (χ2n) is 6.85. The molecule has 0 saturated carbocycles. The minimum absolute atomic E-state index is 0.0914. The van der Waals surface area contributed by atoms with Crippen molar-refractivity contribution in [3.8, 4) is 5.75 Å². The molecule has 0 atom stereocenters. The van der Waals surface area contributed by atoms with Crippen LogP contribution >= 0.6 is 0 Å². The number of aryl methyl sites for hydroxylation is 1. The van der Waals surface area contributed by atoms with Crippen LogP contribution in [0.1, 0.15) is 47.1 Å². The Balaban J connectivity index is 1.58. The lowest BCUT2D eigenvalue weighted by molar-refractivity contribution is 0.0950. The van der Waals surface area contributed by atoms with Gasteiger partial charge in [0.25, 0.3) is 5.91 Å². The normalized spacial score (nSPS) is 14.1. The Bertz CT molecular complexity index is 769. The molecule has 0 fully saturated rings. The molecule has 6 nitrogen and oxygen atoms in total. The Morgan fingerprint density at radius 3 is 2.88 bits per heavy atom. The molecule has 1 amide bonds. The number of hydrogen-bond donors (Lipinski definition) is 1. The summed E-state index contributed by atoms with van der Waals surface area (Å²) in [4.78, 5) is 14.9. The number of carbonyl (C=O) groups is 1. The molecular formula is C20H28N4O2. The Morgan fingerprint density at radius 1 is 1.31 bits per heavy atom. The SMILES string of the molecule is CCCCN1CCn2nc(CNC(=O)c3ccc(OC)c(C)c3)cc2C1. The zero-order valence-electron chi connectivity index (χ0n) is 15.9. The molecule has 0 spiro atoms. The molecule has 2 aromatic rings. The van der Waals surface area contributed by atoms with Gasteiger partial charge in [0, 0.05) is 18.7 Å². The predicted molar refractivity (Wildman–Crippen MR) is 101 cm³/mol. The number of nitrogens with one attached hydrogen (secondary N) is 1. The number of hydrogen-bond acceptors (Lipinski definition) is 4. The second kappa shape index (κ2) is 8.36. The van der Waals surface area contributed by atoms with Gasteiger partial charge in [0.05, 0.1) is 31.6 Å². The molecule has 0 aliphatic carbocycles. The summed E-state index contributed by atoms with van der Waals surface area (Å²) in [5.41, 5.74) is 3.73. The highest BCUT2D eigenvalue weighted by atomic mass is 16.5. The molecule has 0 saturated heterocycles. The molecule has 0 unspecified atom stereocenters. The van der Waals surface area contributed by atoms with Crippen LogP contribution in [-0.4, -0.2) is 40.8 Å². The number of ether oxygens (including phenoxy) is 1. The molecule has 2 heterocycles. The number of unbranched alkanes of at least 4 members (excludes halogenated alkanes) is 1. The maximum absolute atomic E-state index is 12.4. The lowest BCUT2D eigenvalue weighted by atomic mass is 10.1. The van der Waals surface area contributed by atoms with Crippen LogP contribution in [0, 0.1) is 6.92 Å². The fourth-order valence-corrected chi connectivity index (χ4v) is 3.33. The van der Waals surface area contributed by atoms with E-state index in [4.69, 9.17) is 4.74 Å². The number of nitrogens with zero attached hydrogens (tertiary/aromatic N) is 3. The quantitative estimate of drug-likeness (QED) is 0.829. The lowest BCUT2D eigenvalue weighted by Gasteiger charge is -2.27. The molecule has 1 aromatic carbocycles. The first-order valence-electron chi connectivity index (χ1n) is 9.31. The van der Waals surface area contributed by atoms with Gasteiger partial charge < -0.3 is 10.1 Å². The molecule has 140 valence electrons.